The summed E-state index contributed by atoms with van der Waals surface area (Å²) in [7, 11) is 0. The molecule has 0 aliphatic rings. The maximum atomic E-state index is 13.4. The molecule has 0 amide bonds. The summed E-state index contributed by atoms with van der Waals surface area (Å²) >= 11 is 15.2. The summed E-state index contributed by atoms with van der Waals surface area (Å²) < 4.78 is 129. The second kappa shape index (κ2) is 5.50. The van der Waals surface area contributed by atoms with Gasteiger partial charge < -0.3 is 0 Å². The normalized spacial score (nSPS) is 16.3. The van der Waals surface area contributed by atoms with Gasteiger partial charge in [-0.25, -0.2) is 0 Å². The fourth-order valence-electron chi connectivity index (χ4n) is 0.747. The average Bonchev–Trinajstić information content (AvgIpc) is 2.09. The van der Waals surface area contributed by atoms with Crippen molar-refractivity contribution in [3.05, 3.63) is 0 Å². The highest BCUT2D eigenvalue weighted by molar-refractivity contribution is 6.27. The third-order valence-corrected chi connectivity index (χ3v) is 2.71. The minimum atomic E-state index is -6.37. The first-order valence-corrected chi connectivity index (χ1v) is 5.57. The van der Waals surface area contributed by atoms with Crippen LogP contribution in [0, 0.1) is 0 Å². The fourth-order valence-corrected chi connectivity index (χ4v) is 1.47. The third-order valence-electron chi connectivity index (χ3n) is 1.74. The zero-order valence-electron chi connectivity index (χ0n) is 8.70. The molecular weight excluding hydrogens is 420 g/mol. The van der Waals surface area contributed by atoms with E-state index in [-0.39, 0.29) is 0 Å². The molecule has 0 N–H and O–H groups in total. The molecule has 0 atom stereocenters. The van der Waals surface area contributed by atoms with Crippen LogP contribution in [0.3, 0.4) is 0 Å². The molecule has 0 spiro atoms. The molecule has 0 aromatic heterocycles. The van der Waals surface area contributed by atoms with E-state index < -0.39 is 33.2 Å². The van der Waals surface area contributed by atoms with E-state index in [9.17, 15) is 43.9 Å². The lowest BCUT2D eigenvalue weighted by Gasteiger charge is -2.40. The van der Waals surface area contributed by atoms with Crippen molar-refractivity contribution < 1.29 is 48.6 Å². The second-order valence-electron chi connectivity index (χ2n) is 3.28. The lowest BCUT2D eigenvalue weighted by Crippen LogP contribution is -2.65. The van der Waals surface area contributed by atoms with Gasteiger partial charge in [0.2, 0.25) is 0 Å². The molecule has 0 aliphatic heterocycles. The summed E-state index contributed by atoms with van der Waals surface area (Å²) in [5, 5.41) is -24.2. The minimum Gasteiger partial charge on any atom is -0.285 e. The Balaban J connectivity index is 6.15. The predicted octanol–water partition coefficient (Wildman–Crippen LogP) is 5.66. The van der Waals surface area contributed by atoms with E-state index in [1.165, 1.54) is 0 Å². The molecule has 0 bridgehead atoms. The van der Waals surface area contributed by atoms with Crippen molar-refractivity contribution in [2.75, 3.05) is 0 Å². The first-order valence-electron chi connectivity index (χ1n) is 4.05. The number of alkyl halides is 14. The van der Waals surface area contributed by atoms with Gasteiger partial charge in [-0.05, 0) is 46.4 Å². The first kappa shape index (κ1) is 21.4. The van der Waals surface area contributed by atoms with E-state index in [0.717, 1.165) is 0 Å². The Kier molecular flexibility index (Phi) is 5.61. The molecule has 0 rings (SSSR count). The van der Waals surface area contributed by atoms with E-state index in [0.29, 0.717) is 0 Å². The molecule has 15 heteroatoms. The van der Waals surface area contributed by atoms with Crippen molar-refractivity contribution in [3.63, 3.8) is 0 Å². The summed E-state index contributed by atoms with van der Waals surface area (Å²) in [6.07, 6.45) is 0. The minimum absolute atomic E-state index is 2.22. The average molecular weight is 420 g/mol. The van der Waals surface area contributed by atoms with Crippen LogP contribution < -0.4 is 0 Å². The van der Waals surface area contributed by atoms with Crippen LogP contribution in [-0.2, 0) is 4.74 Å². The molecule has 0 aromatic carbocycles. The Morgan fingerprint density at radius 2 is 0.571 bits per heavy atom. The van der Waals surface area contributed by atoms with Crippen LogP contribution in [0.25, 0.3) is 0 Å². The molecule has 0 aromatic rings. The Morgan fingerprint density at radius 1 is 0.429 bits per heavy atom. The van der Waals surface area contributed by atoms with Gasteiger partial charge in [0.1, 0.15) is 0 Å². The summed E-state index contributed by atoms with van der Waals surface area (Å²) in [5.74, 6) is -12.7. The maximum absolute atomic E-state index is 13.4. The van der Waals surface area contributed by atoms with Gasteiger partial charge in [-0.15, -0.1) is 0 Å². The molecule has 0 saturated heterocycles. The zero-order chi connectivity index (χ0) is 17.7. The van der Waals surface area contributed by atoms with Gasteiger partial charge >= 0.3 is 33.2 Å². The molecule has 1 nitrogen and oxygen atoms in total. The van der Waals surface area contributed by atoms with Crippen LogP contribution in [0.4, 0.5) is 43.9 Å². The van der Waals surface area contributed by atoms with E-state index in [1.807, 2.05) is 0 Å². The fraction of sp³-hybridized carbons (Fsp3) is 1.00. The van der Waals surface area contributed by atoms with E-state index in [2.05, 4.69) is 51.1 Å². The van der Waals surface area contributed by atoms with Gasteiger partial charge in [0, 0.05) is 0 Å². The third kappa shape index (κ3) is 3.85. The largest absolute Gasteiger partial charge is 0.387 e. The van der Waals surface area contributed by atoms with Crippen LogP contribution in [0.5, 0.6) is 0 Å². The lowest BCUT2D eigenvalue weighted by atomic mass is 10.2. The Hall–Kier alpha value is 0.420. The highest BCUT2D eigenvalue weighted by Gasteiger charge is 2.81. The molecule has 0 heterocycles. The quantitative estimate of drug-likeness (QED) is 0.398. The molecule has 0 unspecified atom stereocenters. The Bertz CT molecular complexity index is 315. The first-order chi connectivity index (χ1) is 8.71. The molecular formula is C6Cl4F10O. The van der Waals surface area contributed by atoms with Gasteiger partial charge in [-0.2, -0.15) is 43.9 Å². The van der Waals surface area contributed by atoms with Crippen LogP contribution in [0.1, 0.15) is 0 Å². The summed E-state index contributed by atoms with van der Waals surface area (Å²) in [4.78, 5) is 0. The number of hydrogen-bond acceptors (Lipinski definition) is 1. The van der Waals surface area contributed by atoms with Crippen molar-refractivity contribution in [1.82, 2.24) is 0 Å². The van der Waals surface area contributed by atoms with Crippen molar-refractivity contribution in [1.29, 1.82) is 0 Å². The van der Waals surface area contributed by atoms with Crippen molar-refractivity contribution in [2.24, 2.45) is 0 Å². The maximum Gasteiger partial charge on any atom is 0.387 e. The van der Waals surface area contributed by atoms with E-state index in [1.54, 1.807) is 0 Å². The van der Waals surface area contributed by atoms with Gasteiger partial charge in [-0.3, -0.25) is 4.74 Å². The van der Waals surface area contributed by atoms with Crippen LogP contribution in [0.15, 0.2) is 0 Å². The second-order valence-corrected chi connectivity index (χ2v) is 5.18. The standard InChI is InChI=1S/C6Cl4F10O/c7-3(13,14)1(11,4(8,15)16)21-2(12,5(9,17)18)6(10,19)20. The van der Waals surface area contributed by atoms with Crippen LogP contribution in [-0.4, -0.2) is 33.2 Å². The number of hydrogen-bond donors (Lipinski definition) is 0. The van der Waals surface area contributed by atoms with E-state index >= 15 is 0 Å². The van der Waals surface area contributed by atoms with Gasteiger partial charge in [-0.1, -0.05) is 0 Å². The highest BCUT2D eigenvalue weighted by Crippen LogP contribution is 2.58. The van der Waals surface area contributed by atoms with Gasteiger partial charge in [0.05, 0.1) is 0 Å². The zero-order valence-corrected chi connectivity index (χ0v) is 11.7. The lowest BCUT2D eigenvalue weighted by molar-refractivity contribution is -0.424. The molecule has 0 radical (unpaired) electrons. The Morgan fingerprint density at radius 3 is 0.667 bits per heavy atom. The number of rotatable bonds is 6. The topological polar surface area (TPSA) is 9.23 Å². The predicted molar refractivity (Wildman–Crippen MR) is 52.0 cm³/mol. The number of ether oxygens (including phenoxy) is 1. The Labute approximate surface area is 129 Å². The summed E-state index contributed by atoms with van der Waals surface area (Å²) in [5.41, 5.74) is 0. The van der Waals surface area contributed by atoms with Crippen molar-refractivity contribution >= 4 is 46.4 Å². The van der Waals surface area contributed by atoms with E-state index in [4.69, 9.17) is 0 Å². The van der Waals surface area contributed by atoms with Crippen LogP contribution >= 0.6 is 46.4 Å². The summed E-state index contributed by atoms with van der Waals surface area (Å²) in [6, 6.07) is 0. The molecule has 0 fully saturated rings. The van der Waals surface area contributed by atoms with Crippen molar-refractivity contribution in [2.45, 2.75) is 33.2 Å². The van der Waals surface area contributed by atoms with Crippen molar-refractivity contribution in [3.8, 4) is 0 Å². The van der Waals surface area contributed by atoms with Gasteiger partial charge in [0.25, 0.3) is 0 Å². The SMILES string of the molecule is FC(F)(Cl)C(F)(OC(F)(C(F)(F)Cl)C(F)(F)Cl)C(F)(F)Cl. The molecule has 0 aliphatic carbocycles. The smallest absolute Gasteiger partial charge is 0.285 e. The highest BCUT2D eigenvalue weighted by atomic mass is 35.5. The van der Waals surface area contributed by atoms with Gasteiger partial charge in [0.15, 0.2) is 0 Å². The number of halogens is 14. The molecule has 0 saturated carbocycles. The molecule has 21 heavy (non-hydrogen) atoms. The molecule has 128 valence electrons. The monoisotopic (exact) mass is 418 g/mol. The summed E-state index contributed by atoms with van der Waals surface area (Å²) in [6.45, 7) is 0. The van der Waals surface area contributed by atoms with Crippen LogP contribution in [0.2, 0.25) is 0 Å².